The number of rotatable bonds is 8. The largest absolute Gasteiger partial charge is 0.489 e. The molecule has 19 heavy (non-hydrogen) atoms. The van der Waals surface area contributed by atoms with E-state index in [1.165, 1.54) is 32.6 Å². The third-order valence-corrected chi connectivity index (χ3v) is 3.43. The van der Waals surface area contributed by atoms with E-state index in [1.54, 1.807) is 18.2 Å². The van der Waals surface area contributed by atoms with Gasteiger partial charge in [-0.25, -0.2) is 0 Å². The minimum Gasteiger partial charge on any atom is -0.489 e. The molecule has 1 atom stereocenters. The number of ketones is 1. The van der Waals surface area contributed by atoms with Crippen LogP contribution in [0.1, 0.15) is 63.2 Å². The molecule has 0 radical (unpaired) electrons. The molecule has 0 bridgehead atoms. The summed E-state index contributed by atoms with van der Waals surface area (Å²) in [5.74, 6) is 0.677. The van der Waals surface area contributed by atoms with Crippen molar-refractivity contribution in [2.75, 3.05) is 0 Å². The van der Waals surface area contributed by atoms with Crippen LogP contribution in [0.4, 0.5) is 0 Å². The van der Waals surface area contributed by atoms with Crippen LogP contribution in [-0.4, -0.2) is 11.9 Å². The Bertz CT molecular complexity index is 415. The van der Waals surface area contributed by atoms with Crippen LogP contribution in [0, 0.1) is 0 Å². The Morgan fingerprint density at radius 1 is 1.32 bits per heavy atom. The first-order valence-corrected chi connectivity index (χ1v) is 7.39. The van der Waals surface area contributed by atoms with Crippen LogP contribution < -0.4 is 4.74 Å². The van der Waals surface area contributed by atoms with Gasteiger partial charge in [-0.3, -0.25) is 4.79 Å². The SMILES string of the molecule is CCCCCCC(C)Oc1ccc(C(C)=O)cc1Cl. The molecule has 1 rings (SSSR count). The van der Waals surface area contributed by atoms with E-state index in [9.17, 15) is 4.79 Å². The van der Waals surface area contributed by atoms with Crippen LogP contribution in [0.15, 0.2) is 18.2 Å². The Kier molecular flexibility index (Phi) is 6.93. The van der Waals surface area contributed by atoms with Crippen LogP contribution >= 0.6 is 11.6 Å². The molecule has 0 aliphatic heterocycles. The van der Waals surface area contributed by atoms with E-state index >= 15 is 0 Å². The molecule has 1 unspecified atom stereocenters. The van der Waals surface area contributed by atoms with Gasteiger partial charge >= 0.3 is 0 Å². The first kappa shape index (κ1) is 16.0. The second-order valence-electron chi connectivity index (χ2n) is 4.98. The fourth-order valence-electron chi connectivity index (χ4n) is 1.95. The fraction of sp³-hybridized carbons (Fsp3) is 0.562. The van der Waals surface area contributed by atoms with Gasteiger partial charge < -0.3 is 4.74 Å². The molecule has 0 heterocycles. The van der Waals surface area contributed by atoms with E-state index in [4.69, 9.17) is 16.3 Å². The van der Waals surface area contributed by atoms with E-state index in [1.807, 2.05) is 0 Å². The minimum absolute atomic E-state index is 0.0149. The van der Waals surface area contributed by atoms with Gasteiger partial charge in [0.15, 0.2) is 5.78 Å². The Balaban J connectivity index is 2.50. The lowest BCUT2D eigenvalue weighted by atomic mass is 10.1. The zero-order valence-electron chi connectivity index (χ0n) is 12.0. The van der Waals surface area contributed by atoms with Gasteiger partial charge in [0.1, 0.15) is 5.75 Å². The van der Waals surface area contributed by atoms with Gasteiger partial charge in [-0.15, -0.1) is 0 Å². The molecule has 1 aromatic carbocycles. The van der Waals surface area contributed by atoms with Gasteiger partial charge in [-0.05, 0) is 44.9 Å². The highest BCUT2D eigenvalue weighted by molar-refractivity contribution is 6.32. The van der Waals surface area contributed by atoms with Crippen molar-refractivity contribution in [1.82, 2.24) is 0 Å². The topological polar surface area (TPSA) is 26.3 Å². The number of carbonyl (C=O) groups is 1. The molecule has 0 saturated carbocycles. The van der Waals surface area contributed by atoms with Crippen molar-refractivity contribution >= 4 is 17.4 Å². The molecule has 0 fully saturated rings. The summed E-state index contributed by atoms with van der Waals surface area (Å²) in [6, 6.07) is 5.21. The molecule has 0 aromatic heterocycles. The predicted octanol–water partition coefficient (Wildman–Crippen LogP) is 5.28. The fourth-order valence-corrected chi connectivity index (χ4v) is 2.17. The van der Waals surface area contributed by atoms with Gasteiger partial charge in [-0.2, -0.15) is 0 Å². The number of hydrogen-bond acceptors (Lipinski definition) is 2. The highest BCUT2D eigenvalue weighted by Gasteiger charge is 2.09. The van der Waals surface area contributed by atoms with Crippen molar-refractivity contribution < 1.29 is 9.53 Å². The Morgan fingerprint density at radius 2 is 2.05 bits per heavy atom. The number of unbranched alkanes of at least 4 members (excludes halogenated alkanes) is 3. The van der Waals surface area contributed by atoms with Gasteiger partial charge in [0.2, 0.25) is 0 Å². The molecule has 0 amide bonds. The normalized spacial score (nSPS) is 12.2. The quantitative estimate of drug-likeness (QED) is 0.479. The summed E-state index contributed by atoms with van der Waals surface area (Å²) in [6.45, 7) is 5.79. The van der Waals surface area contributed by atoms with Crippen LogP contribution in [0.3, 0.4) is 0 Å². The van der Waals surface area contributed by atoms with Crippen molar-refractivity contribution in [3.63, 3.8) is 0 Å². The Labute approximate surface area is 121 Å². The molecule has 0 N–H and O–H groups in total. The first-order valence-electron chi connectivity index (χ1n) is 7.01. The maximum absolute atomic E-state index is 11.2. The molecule has 2 nitrogen and oxygen atoms in total. The van der Waals surface area contributed by atoms with Crippen molar-refractivity contribution in [3.8, 4) is 5.75 Å². The van der Waals surface area contributed by atoms with E-state index in [-0.39, 0.29) is 11.9 Å². The third-order valence-electron chi connectivity index (χ3n) is 3.13. The summed E-state index contributed by atoms with van der Waals surface area (Å²) >= 11 is 6.12. The zero-order valence-corrected chi connectivity index (χ0v) is 12.8. The maximum Gasteiger partial charge on any atom is 0.159 e. The molecule has 0 saturated heterocycles. The monoisotopic (exact) mass is 282 g/mol. The second-order valence-corrected chi connectivity index (χ2v) is 5.39. The number of Topliss-reactive ketones (excluding diaryl/α,β-unsaturated/α-hetero) is 1. The summed E-state index contributed by atoms with van der Waals surface area (Å²) < 4.78 is 5.82. The smallest absolute Gasteiger partial charge is 0.159 e. The lowest BCUT2D eigenvalue weighted by Crippen LogP contribution is -2.12. The summed E-state index contributed by atoms with van der Waals surface area (Å²) in [7, 11) is 0. The van der Waals surface area contributed by atoms with E-state index in [0.29, 0.717) is 16.3 Å². The van der Waals surface area contributed by atoms with E-state index in [0.717, 1.165) is 6.42 Å². The average Bonchev–Trinajstić information content (AvgIpc) is 2.37. The van der Waals surface area contributed by atoms with Crippen LogP contribution in [-0.2, 0) is 0 Å². The summed E-state index contributed by atoms with van der Waals surface area (Å²) in [5, 5.41) is 0.508. The van der Waals surface area contributed by atoms with Crippen LogP contribution in [0.2, 0.25) is 5.02 Å². The van der Waals surface area contributed by atoms with Crippen molar-refractivity contribution in [1.29, 1.82) is 0 Å². The van der Waals surface area contributed by atoms with Crippen LogP contribution in [0.5, 0.6) is 5.75 Å². The summed E-state index contributed by atoms with van der Waals surface area (Å²) in [4.78, 5) is 11.2. The number of halogens is 1. The zero-order chi connectivity index (χ0) is 14.3. The number of hydrogen-bond donors (Lipinski definition) is 0. The van der Waals surface area contributed by atoms with E-state index < -0.39 is 0 Å². The molecule has 0 aliphatic carbocycles. The highest BCUT2D eigenvalue weighted by atomic mass is 35.5. The van der Waals surface area contributed by atoms with Gasteiger partial charge in [0, 0.05) is 5.56 Å². The molecular weight excluding hydrogens is 260 g/mol. The summed E-state index contributed by atoms with van der Waals surface area (Å²) in [5.41, 5.74) is 0.618. The van der Waals surface area contributed by atoms with E-state index in [2.05, 4.69) is 13.8 Å². The number of ether oxygens (including phenoxy) is 1. The Hall–Kier alpha value is -1.02. The van der Waals surface area contributed by atoms with Gasteiger partial charge in [0.05, 0.1) is 11.1 Å². The standard InChI is InChI=1S/C16H23ClO2/c1-4-5-6-7-8-12(2)19-16-10-9-14(13(3)18)11-15(16)17/h9-12H,4-8H2,1-3H3. The third kappa shape index (κ3) is 5.65. The average molecular weight is 283 g/mol. The number of benzene rings is 1. The minimum atomic E-state index is 0.0149. The molecule has 106 valence electrons. The molecular formula is C16H23ClO2. The number of carbonyl (C=O) groups excluding carboxylic acids is 1. The first-order chi connectivity index (χ1) is 9.04. The molecule has 3 heteroatoms. The van der Waals surface area contributed by atoms with Gasteiger partial charge in [-0.1, -0.05) is 37.8 Å². The Morgan fingerprint density at radius 3 is 2.63 bits per heavy atom. The van der Waals surface area contributed by atoms with Gasteiger partial charge in [0.25, 0.3) is 0 Å². The maximum atomic E-state index is 11.2. The predicted molar refractivity (Wildman–Crippen MR) is 80.3 cm³/mol. The highest BCUT2D eigenvalue weighted by Crippen LogP contribution is 2.27. The lowest BCUT2D eigenvalue weighted by Gasteiger charge is -2.16. The van der Waals surface area contributed by atoms with Crippen LogP contribution in [0.25, 0.3) is 0 Å². The van der Waals surface area contributed by atoms with Crippen molar-refractivity contribution in [2.24, 2.45) is 0 Å². The molecule has 0 spiro atoms. The van der Waals surface area contributed by atoms with Crippen molar-refractivity contribution in [2.45, 2.75) is 59.0 Å². The lowest BCUT2D eigenvalue weighted by molar-refractivity contribution is 0.101. The molecule has 0 aliphatic rings. The second kappa shape index (κ2) is 8.21. The summed E-state index contributed by atoms with van der Waals surface area (Å²) in [6.07, 6.45) is 6.14. The van der Waals surface area contributed by atoms with Crippen molar-refractivity contribution in [3.05, 3.63) is 28.8 Å². The molecule has 1 aromatic rings.